The van der Waals surface area contributed by atoms with Gasteiger partial charge in [0.2, 0.25) is 0 Å². The lowest BCUT2D eigenvalue weighted by molar-refractivity contribution is -0.120. The fraction of sp³-hybridized carbons (Fsp3) is 0.100. The molecule has 2 rings (SSSR count). The minimum absolute atomic E-state index is 0.405. The van der Waals surface area contributed by atoms with E-state index < -0.39 is 0 Å². The number of methoxy groups -OCH3 is 1. The highest BCUT2D eigenvalue weighted by Gasteiger charge is 2.07. The molecular weight excluding hydrogens is 182 g/mol. The van der Waals surface area contributed by atoms with Gasteiger partial charge >= 0.3 is 0 Å². The van der Waals surface area contributed by atoms with Crippen molar-refractivity contribution in [2.75, 3.05) is 7.11 Å². The van der Waals surface area contributed by atoms with Crippen molar-refractivity contribution in [2.24, 2.45) is 0 Å². The SMILES string of the molecule is COc1cccc2c(OC=O)c[nH]c12. The van der Waals surface area contributed by atoms with Crippen molar-refractivity contribution in [3.63, 3.8) is 0 Å². The molecule has 0 saturated carbocycles. The molecule has 0 spiro atoms. The van der Waals surface area contributed by atoms with Crippen molar-refractivity contribution in [1.82, 2.24) is 4.98 Å². The van der Waals surface area contributed by atoms with Crippen LogP contribution in [-0.2, 0) is 4.79 Å². The molecule has 4 nitrogen and oxygen atoms in total. The van der Waals surface area contributed by atoms with Gasteiger partial charge < -0.3 is 14.5 Å². The summed E-state index contributed by atoms with van der Waals surface area (Å²) in [5.41, 5.74) is 0.826. The van der Waals surface area contributed by atoms with Crippen LogP contribution in [0.4, 0.5) is 0 Å². The quantitative estimate of drug-likeness (QED) is 0.751. The molecule has 0 bridgehead atoms. The Morgan fingerprint density at radius 2 is 2.21 bits per heavy atom. The topological polar surface area (TPSA) is 51.3 Å². The van der Waals surface area contributed by atoms with E-state index in [1.807, 2.05) is 18.2 Å². The molecule has 1 N–H and O–H groups in total. The van der Waals surface area contributed by atoms with Gasteiger partial charge in [-0.05, 0) is 12.1 Å². The van der Waals surface area contributed by atoms with E-state index in [0.717, 1.165) is 16.7 Å². The first-order valence-electron chi connectivity index (χ1n) is 4.11. The van der Waals surface area contributed by atoms with E-state index >= 15 is 0 Å². The summed E-state index contributed by atoms with van der Waals surface area (Å²) < 4.78 is 9.94. The monoisotopic (exact) mass is 191 g/mol. The standard InChI is InChI=1S/C10H9NO3/c1-13-8-4-2-3-7-9(14-6-12)5-11-10(7)8/h2-6,11H,1H3. The van der Waals surface area contributed by atoms with E-state index in [1.54, 1.807) is 13.3 Å². The van der Waals surface area contributed by atoms with Gasteiger partial charge in [0.05, 0.1) is 12.6 Å². The zero-order chi connectivity index (χ0) is 9.97. The number of rotatable bonds is 3. The van der Waals surface area contributed by atoms with Crippen LogP contribution < -0.4 is 9.47 Å². The summed E-state index contributed by atoms with van der Waals surface area (Å²) in [6, 6.07) is 5.53. The van der Waals surface area contributed by atoms with Crippen LogP contribution in [0.25, 0.3) is 10.9 Å². The molecule has 0 aliphatic heterocycles. The zero-order valence-corrected chi connectivity index (χ0v) is 7.61. The molecule has 1 heterocycles. The Morgan fingerprint density at radius 3 is 2.93 bits per heavy atom. The lowest BCUT2D eigenvalue weighted by Gasteiger charge is -2.00. The highest BCUT2D eigenvalue weighted by Crippen LogP contribution is 2.31. The predicted molar refractivity (Wildman–Crippen MR) is 51.5 cm³/mol. The smallest absolute Gasteiger partial charge is 0.298 e. The van der Waals surface area contributed by atoms with E-state index in [2.05, 4.69) is 4.98 Å². The number of fused-ring (bicyclic) bond motifs is 1. The van der Waals surface area contributed by atoms with Gasteiger partial charge in [-0.1, -0.05) is 6.07 Å². The van der Waals surface area contributed by atoms with Gasteiger partial charge in [-0.15, -0.1) is 0 Å². The number of hydrogen-bond acceptors (Lipinski definition) is 3. The van der Waals surface area contributed by atoms with Crippen LogP contribution in [0.1, 0.15) is 0 Å². The van der Waals surface area contributed by atoms with E-state index in [-0.39, 0.29) is 0 Å². The number of ether oxygens (including phenoxy) is 2. The van der Waals surface area contributed by atoms with Crippen molar-refractivity contribution in [3.05, 3.63) is 24.4 Å². The highest BCUT2D eigenvalue weighted by atomic mass is 16.5. The van der Waals surface area contributed by atoms with E-state index in [9.17, 15) is 4.79 Å². The maximum Gasteiger partial charge on any atom is 0.298 e. The number of H-pyrrole nitrogens is 1. The Balaban J connectivity index is 2.63. The van der Waals surface area contributed by atoms with Crippen LogP contribution in [0.3, 0.4) is 0 Å². The third-order valence-electron chi connectivity index (χ3n) is 2.03. The molecule has 4 heteroatoms. The second-order valence-corrected chi connectivity index (χ2v) is 2.75. The van der Waals surface area contributed by atoms with Crippen LogP contribution in [0.2, 0.25) is 0 Å². The van der Waals surface area contributed by atoms with Crippen molar-refractivity contribution >= 4 is 17.4 Å². The number of para-hydroxylation sites is 1. The molecule has 0 saturated heterocycles. The van der Waals surface area contributed by atoms with Gasteiger partial charge in [0, 0.05) is 11.6 Å². The first-order valence-corrected chi connectivity index (χ1v) is 4.11. The minimum atomic E-state index is 0.405. The van der Waals surface area contributed by atoms with Crippen molar-refractivity contribution in [1.29, 1.82) is 0 Å². The van der Waals surface area contributed by atoms with Gasteiger partial charge in [-0.2, -0.15) is 0 Å². The zero-order valence-electron chi connectivity index (χ0n) is 7.61. The first kappa shape index (κ1) is 8.62. The van der Waals surface area contributed by atoms with Crippen LogP contribution >= 0.6 is 0 Å². The fourth-order valence-electron chi connectivity index (χ4n) is 1.42. The summed E-state index contributed by atoms with van der Waals surface area (Å²) in [6.07, 6.45) is 1.63. The molecule has 0 unspecified atom stereocenters. The van der Waals surface area contributed by atoms with Crippen molar-refractivity contribution < 1.29 is 14.3 Å². The van der Waals surface area contributed by atoms with E-state index in [1.165, 1.54) is 0 Å². The number of nitrogens with one attached hydrogen (secondary N) is 1. The van der Waals surface area contributed by atoms with Gasteiger partial charge in [0.1, 0.15) is 5.75 Å². The van der Waals surface area contributed by atoms with Crippen LogP contribution in [-0.4, -0.2) is 18.6 Å². The van der Waals surface area contributed by atoms with Crippen LogP contribution in [0, 0.1) is 0 Å². The normalized spacial score (nSPS) is 10.1. The lowest BCUT2D eigenvalue weighted by atomic mass is 10.2. The summed E-state index contributed by atoms with van der Waals surface area (Å²) >= 11 is 0. The van der Waals surface area contributed by atoms with Crippen LogP contribution in [0.5, 0.6) is 11.5 Å². The molecular formula is C10H9NO3. The molecule has 0 fully saturated rings. The molecule has 0 aliphatic carbocycles. The summed E-state index contributed by atoms with van der Waals surface area (Å²) in [7, 11) is 1.59. The van der Waals surface area contributed by atoms with Gasteiger partial charge in [-0.25, -0.2) is 0 Å². The molecule has 0 amide bonds. The third-order valence-corrected chi connectivity index (χ3v) is 2.03. The Morgan fingerprint density at radius 1 is 1.36 bits per heavy atom. The third kappa shape index (κ3) is 1.21. The van der Waals surface area contributed by atoms with Gasteiger partial charge in [0.15, 0.2) is 5.75 Å². The summed E-state index contributed by atoms with van der Waals surface area (Å²) in [5.74, 6) is 1.23. The number of hydrogen-bond donors (Lipinski definition) is 1. The highest BCUT2D eigenvalue weighted by molar-refractivity contribution is 5.91. The Labute approximate surface area is 80.4 Å². The molecule has 1 aromatic heterocycles. The Kier molecular flexibility index (Phi) is 2.10. The minimum Gasteiger partial charge on any atom is -0.495 e. The maximum atomic E-state index is 10.2. The molecule has 2 aromatic rings. The first-order chi connectivity index (χ1) is 6.86. The van der Waals surface area contributed by atoms with Crippen molar-refractivity contribution in [2.45, 2.75) is 0 Å². The molecule has 0 atom stereocenters. The number of aromatic amines is 1. The number of aromatic nitrogens is 1. The van der Waals surface area contributed by atoms with Gasteiger partial charge in [-0.3, -0.25) is 4.79 Å². The molecule has 1 aromatic carbocycles. The predicted octanol–water partition coefficient (Wildman–Crippen LogP) is 1.71. The summed E-state index contributed by atoms with van der Waals surface area (Å²) in [5, 5.41) is 0.830. The van der Waals surface area contributed by atoms with Crippen molar-refractivity contribution in [3.8, 4) is 11.5 Å². The second-order valence-electron chi connectivity index (χ2n) is 2.75. The summed E-state index contributed by atoms with van der Waals surface area (Å²) in [6.45, 7) is 0.405. The lowest BCUT2D eigenvalue weighted by Crippen LogP contribution is -1.86. The number of benzene rings is 1. The molecule has 72 valence electrons. The Hall–Kier alpha value is -1.97. The van der Waals surface area contributed by atoms with Crippen LogP contribution in [0.15, 0.2) is 24.4 Å². The fourth-order valence-corrected chi connectivity index (χ4v) is 1.42. The number of carbonyl (C=O) groups is 1. The second kappa shape index (κ2) is 3.41. The average Bonchev–Trinajstić information content (AvgIpc) is 2.62. The number of carbonyl (C=O) groups excluding carboxylic acids is 1. The summed E-state index contributed by atoms with van der Waals surface area (Å²) in [4.78, 5) is 13.2. The van der Waals surface area contributed by atoms with E-state index in [4.69, 9.17) is 9.47 Å². The molecule has 0 radical (unpaired) electrons. The average molecular weight is 191 g/mol. The largest absolute Gasteiger partial charge is 0.495 e. The van der Waals surface area contributed by atoms with E-state index in [0.29, 0.717) is 12.2 Å². The van der Waals surface area contributed by atoms with Gasteiger partial charge in [0.25, 0.3) is 6.47 Å². The Bertz CT molecular complexity index is 461. The molecule has 0 aliphatic rings. The maximum absolute atomic E-state index is 10.2. The molecule has 14 heavy (non-hydrogen) atoms.